The number of hydrogen-bond donors (Lipinski definition) is 2. The Labute approximate surface area is 247 Å². The summed E-state index contributed by atoms with van der Waals surface area (Å²) in [5, 5.41) is 5.93. The standard InChI is InChI=1S/C34H51N3O4/c1-9-12-16-23-35-30(38)29(27-21-19-25(10-2)20-22-27)37(34(7,8)11-3)31(39)28(24-26-17-14-13-15-18-26)36-32(40)41-33(4,5)6/h13-15,17-22,28-29H,9-12,16,23-24H2,1-8H3,(H,35,38)(H,36,40). The van der Waals surface area contributed by atoms with E-state index in [0.717, 1.165) is 42.4 Å². The highest BCUT2D eigenvalue weighted by molar-refractivity contribution is 5.92. The number of hydrogen-bond acceptors (Lipinski definition) is 4. The van der Waals surface area contributed by atoms with Crippen molar-refractivity contribution >= 4 is 17.9 Å². The zero-order valence-electron chi connectivity index (χ0n) is 26.4. The van der Waals surface area contributed by atoms with E-state index in [1.807, 2.05) is 75.4 Å². The molecule has 0 bridgehead atoms. The highest BCUT2D eigenvalue weighted by Gasteiger charge is 2.43. The zero-order chi connectivity index (χ0) is 30.6. The van der Waals surface area contributed by atoms with Crippen LogP contribution in [0.15, 0.2) is 54.6 Å². The lowest BCUT2D eigenvalue weighted by molar-refractivity contribution is -0.149. The molecular formula is C34H51N3O4. The van der Waals surface area contributed by atoms with Crippen LogP contribution in [0.25, 0.3) is 0 Å². The molecule has 41 heavy (non-hydrogen) atoms. The first kappa shape index (κ1) is 33.9. The quantitative estimate of drug-likeness (QED) is 0.248. The van der Waals surface area contributed by atoms with Crippen LogP contribution in [0.3, 0.4) is 0 Å². The van der Waals surface area contributed by atoms with Crippen LogP contribution in [0.2, 0.25) is 0 Å². The van der Waals surface area contributed by atoms with Gasteiger partial charge in [0.25, 0.3) is 0 Å². The minimum Gasteiger partial charge on any atom is -0.444 e. The molecule has 0 fully saturated rings. The zero-order valence-corrected chi connectivity index (χ0v) is 26.4. The van der Waals surface area contributed by atoms with E-state index in [0.29, 0.717) is 13.0 Å². The van der Waals surface area contributed by atoms with Gasteiger partial charge < -0.3 is 20.3 Å². The third-order valence-electron chi connectivity index (χ3n) is 7.32. The van der Waals surface area contributed by atoms with Crippen molar-refractivity contribution in [2.45, 2.75) is 117 Å². The lowest BCUT2D eigenvalue weighted by Crippen LogP contribution is -2.59. The molecule has 2 aromatic carbocycles. The average molecular weight is 566 g/mol. The number of benzene rings is 2. The third kappa shape index (κ3) is 10.5. The van der Waals surface area contributed by atoms with Crippen LogP contribution in [0.5, 0.6) is 0 Å². The van der Waals surface area contributed by atoms with Crippen LogP contribution < -0.4 is 10.6 Å². The van der Waals surface area contributed by atoms with E-state index >= 15 is 0 Å². The molecule has 7 nitrogen and oxygen atoms in total. The van der Waals surface area contributed by atoms with E-state index in [1.165, 1.54) is 0 Å². The Bertz CT molecular complexity index is 1110. The Hall–Kier alpha value is -3.35. The number of alkyl carbamates (subject to hydrolysis) is 1. The Morgan fingerprint density at radius 1 is 0.854 bits per heavy atom. The van der Waals surface area contributed by atoms with E-state index < -0.39 is 29.3 Å². The van der Waals surface area contributed by atoms with Crippen LogP contribution >= 0.6 is 0 Å². The van der Waals surface area contributed by atoms with Crippen LogP contribution in [0.4, 0.5) is 4.79 Å². The van der Waals surface area contributed by atoms with Gasteiger partial charge in [-0.3, -0.25) is 9.59 Å². The van der Waals surface area contributed by atoms with Crippen molar-refractivity contribution in [3.8, 4) is 0 Å². The number of carbonyl (C=O) groups is 3. The van der Waals surface area contributed by atoms with Crippen molar-refractivity contribution in [1.29, 1.82) is 0 Å². The SMILES string of the molecule is CCCCCNC(=O)C(c1ccc(CC)cc1)N(C(=O)C(Cc1ccccc1)NC(=O)OC(C)(C)C)C(C)(C)CC. The first-order valence-corrected chi connectivity index (χ1v) is 15.1. The summed E-state index contributed by atoms with van der Waals surface area (Å²) in [5.41, 5.74) is 1.35. The fourth-order valence-corrected chi connectivity index (χ4v) is 4.65. The summed E-state index contributed by atoms with van der Waals surface area (Å²) in [4.78, 5) is 43.2. The van der Waals surface area contributed by atoms with Gasteiger partial charge in [-0.05, 0) is 70.6 Å². The molecule has 2 rings (SSSR count). The van der Waals surface area contributed by atoms with Gasteiger partial charge in [0, 0.05) is 18.5 Å². The molecule has 2 aromatic rings. The molecular weight excluding hydrogens is 514 g/mol. The molecule has 0 aromatic heterocycles. The fourth-order valence-electron chi connectivity index (χ4n) is 4.65. The topological polar surface area (TPSA) is 87.7 Å². The molecule has 0 spiro atoms. The van der Waals surface area contributed by atoms with Crippen molar-refractivity contribution in [3.05, 3.63) is 71.3 Å². The highest BCUT2D eigenvalue weighted by Crippen LogP contribution is 2.33. The van der Waals surface area contributed by atoms with E-state index in [1.54, 1.807) is 25.7 Å². The summed E-state index contributed by atoms with van der Waals surface area (Å²) in [6.45, 7) is 16.0. The molecule has 0 heterocycles. The number of aryl methyl sites for hydroxylation is 1. The number of nitrogens with zero attached hydrogens (tertiary/aromatic N) is 1. The molecule has 3 amide bonds. The second-order valence-electron chi connectivity index (χ2n) is 12.3. The fraction of sp³-hybridized carbons (Fsp3) is 0.559. The minimum absolute atomic E-state index is 0.226. The van der Waals surface area contributed by atoms with Crippen molar-refractivity contribution in [3.63, 3.8) is 0 Å². The Morgan fingerprint density at radius 3 is 2.02 bits per heavy atom. The predicted molar refractivity (Wildman–Crippen MR) is 166 cm³/mol. The van der Waals surface area contributed by atoms with Gasteiger partial charge in [0.1, 0.15) is 17.7 Å². The Kier molecular flexibility index (Phi) is 12.9. The molecule has 2 atom stereocenters. The van der Waals surface area contributed by atoms with Gasteiger partial charge in [0.2, 0.25) is 11.8 Å². The number of ether oxygens (including phenoxy) is 1. The van der Waals surface area contributed by atoms with E-state index in [4.69, 9.17) is 4.74 Å². The maximum absolute atomic E-state index is 14.6. The molecule has 0 aliphatic rings. The van der Waals surface area contributed by atoms with Gasteiger partial charge in [-0.25, -0.2) is 4.79 Å². The molecule has 2 N–H and O–H groups in total. The van der Waals surface area contributed by atoms with Gasteiger partial charge in [-0.15, -0.1) is 0 Å². The smallest absolute Gasteiger partial charge is 0.408 e. The number of nitrogens with one attached hydrogen (secondary N) is 2. The minimum atomic E-state index is -0.941. The van der Waals surface area contributed by atoms with Crippen LogP contribution in [0, 0.1) is 0 Å². The lowest BCUT2D eigenvalue weighted by Gasteiger charge is -2.44. The molecule has 0 aliphatic heterocycles. The summed E-state index contributed by atoms with van der Waals surface area (Å²) in [7, 11) is 0. The first-order chi connectivity index (χ1) is 19.3. The number of amides is 3. The number of unbranched alkanes of at least 4 members (excludes halogenated alkanes) is 2. The molecule has 0 saturated carbocycles. The van der Waals surface area contributed by atoms with Gasteiger partial charge in [-0.2, -0.15) is 0 Å². The van der Waals surface area contributed by atoms with Crippen molar-refractivity contribution in [1.82, 2.24) is 15.5 Å². The maximum Gasteiger partial charge on any atom is 0.408 e. The summed E-state index contributed by atoms with van der Waals surface area (Å²) in [6, 6.07) is 15.6. The number of carbonyl (C=O) groups excluding carboxylic acids is 3. The second kappa shape index (κ2) is 15.6. The van der Waals surface area contributed by atoms with Crippen molar-refractivity contribution in [2.24, 2.45) is 0 Å². The summed E-state index contributed by atoms with van der Waals surface area (Å²) in [5.74, 6) is -0.559. The van der Waals surface area contributed by atoms with Gasteiger partial charge in [0.15, 0.2) is 0 Å². The number of rotatable bonds is 14. The lowest BCUT2D eigenvalue weighted by atomic mass is 9.90. The molecule has 0 saturated heterocycles. The molecule has 0 radical (unpaired) electrons. The van der Waals surface area contributed by atoms with Crippen molar-refractivity contribution in [2.75, 3.05) is 6.54 Å². The summed E-state index contributed by atoms with van der Waals surface area (Å²) >= 11 is 0. The first-order valence-electron chi connectivity index (χ1n) is 15.1. The molecule has 7 heteroatoms. The third-order valence-corrected chi connectivity index (χ3v) is 7.32. The van der Waals surface area contributed by atoms with Gasteiger partial charge in [-0.1, -0.05) is 88.2 Å². The van der Waals surface area contributed by atoms with Crippen molar-refractivity contribution < 1.29 is 19.1 Å². The van der Waals surface area contributed by atoms with E-state index in [9.17, 15) is 14.4 Å². The van der Waals surface area contributed by atoms with E-state index in [-0.39, 0.29) is 18.2 Å². The predicted octanol–water partition coefficient (Wildman–Crippen LogP) is 6.75. The Morgan fingerprint density at radius 2 is 1.49 bits per heavy atom. The summed E-state index contributed by atoms with van der Waals surface area (Å²) < 4.78 is 5.54. The molecule has 2 unspecified atom stereocenters. The largest absolute Gasteiger partial charge is 0.444 e. The normalized spacial score (nSPS) is 13.2. The van der Waals surface area contributed by atoms with Crippen LogP contribution in [-0.2, 0) is 27.2 Å². The van der Waals surface area contributed by atoms with Crippen LogP contribution in [0.1, 0.15) is 104 Å². The van der Waals surface area contributed by atoms with E-state index in [2.05, 4.69) is 24.5 Å². The maximum atomic E-state index is 14.6. The highest BCUT2D eigenvalue weighted by atomic mass is 16.6. The summed E-state index contributed by atoms with van der Waals surface area (Å²) in [6.07, 6.45) is 3.99. The second-order valence-corrected chi connectivity index (χ2v) is 12.3. The van der Waals surface area contributed by atoms with Gasteiger partial charge in [0.05, 0.1) is 0 Å². The molecule has 226 valence electrons. The van der Waals surface area contributed by atoms with Crippen LogP contribution in [-0.4, -0.2) is 46.5 Å². The molecule has 0 aliphatic carbocycles. The van der Waals surface area contributed by atoms with Gasteiger partial charge >= 0.3 is 6.09 Å². The Balaban J connectivity index is 2.60. The average Bonchev–Trinajstić information content (AvgIpc) is 2.92. The monoisotopic (exact) mass is 565 g/mol.